The van der Waals surface area contributed by atoms with Gasteiger partial charge in [-0.05, 0) is 44.0 Å². The van der Waals surface area contributed by atoms with Crippen molar-refractivity contribution in [2.45, 2.75) is 39.3 Å². The maximum Gasteiger partial charge on any atom is 0.313 e. The first-order valence-corrected chi connectivity index (χ1v) is 7.87. The molecule has 0 fully saturated rings. The number of carbonyl (C=O) groups excluding carboxylic acids is 2. The second-order valence-corrected chi connectivity index (χ2v) is 5.63. The Kier molecular flexibility index (Phi) is 5.76. The van der Waals surface area contributed by atoms with E-state index < -0.39 is 17.9 Å². The van der Waals surface area contributed by atoms with Crippen molar-refractivity contribution in [3.05, 3.63) is 30.5 Å². The monoisotopic (exact) mass is 317 g/mol. The summed E-state index contributed by atoms with van der Waals surface area (Å²) in [5, 5.41) is 15.2. The fourth-order valence-corrected chi connectivity index (χ4v) is 2.38. The van der Waals surface area contributed by atoms with Gasteiger partial charge in [0.1, 0.15) is 0 Å². The molecule has 1 unspecified atom stereocenters. The van der Waals surface area contributed by atoms with Gasteiger partial charge in [0.15, 0.2) is 0 Å². The van der Waals surface area contributed by atoms with Gasteiger partial charge >= 0.3 is 11.8 Å². The number of hydrogen-bond acceptors (Lipinski definition) is 3. The van der Waals surface area contributed by atoms with Crippen LogP contribution in [0.25, 0.3) is 10.9 Å². The van der Waals surface area contributed by atoms with Crippen LogP contribution in [0.3, 0.4) is 0 Å². The maximum atomic E-state index is 11.8. The molecule has 6 nitrogen and oxygen atoms in total. The Morgan fingerprint density at radius 2 is 2.04 bits per heavy atom. The molecule has 1 aromatic carbocycles. The third kappa shape index (κ3) is 4.56. The lowest BCUT2D eigenvalue weighted by Gasteiger charge is -2.08. The van der Waals surface area contributed by atoms with E-state index in [1.807, 2.05) is 24.4 Å². The molecule has 0 radical (unpaired) electrons. The van der Waals surface area contributed by atoms with Crippen LogP contribution < -0.4 is 10.6 Å². The Bertz CT molecular complexity index is 691. The van der Waals surface area contributed by atoms with Crippen molar-refractivity contribution < 1.29 is 14.7 Å². The Morgan fingerprint density at radius 3 is 2.74 bits per heavy atom. The highest BCUT2D eigenvalue weighted by Crippen LogP contribution is 2.20. The lowest BCUT2D eigenvalue weighted by atomic mass is 10.2. The number of aromatic nitrogens is 1. The molecule has 3 N–H and O–H groups in total. The molecule has 2 rings (SSSR count). The summed E-state index contributed by atoms with van der Waals surface area (Å²) < 4.78 is 2.16. The van der Waals surface area contributed by atoms with E-state index in [1.54, 1.807) is 13.0 Å². The predicted molar refractivity (Wildman–Crippen MR) is 90.2 cm³/mol. The van der Waals surface area contributed by atoms with Crippen molar-refractivity contribution in [1.29, 1.82) is 0 Å². The van der Waals surface area contributed by atoms with E-state index in [2.05, 4.69) is 22.1 Å². The molecule has 0 saturated carbocycles. The number of amides is 2. The van der Waals surface area contributed by atoms with Crippen molar-refractivity contribution in [1.82, 2.24) is 9.88 Å². The van der Waals surface area contributed by atoms with E-state index >= 15 is 0 Å². The smallest absolute Gasteiger partial charge is 0.313 e. The van der Waals surface area contributed by atoms with Gasteiger partial charge in [0.25, 0.3) is 0 Å². The molecule has 1 heterocycles. The normalized spacial score (nSPS) is 12.1. The molecule has 0 saturated heterocycles. The maximum absolute atomic E-state index is 11.8. The molecule has 23 heavy (non-hydrogen) atoms. The van der Waals surface area contributed by atoms with Gasteiger partial charge in [0.05, 0.1) is 6.10 Å². The van der Waals surface area contributed by atoms with E-state index in [1.165, 1.54) is 0 Å². The number of hydrogen-bond donors (Lipinski definition) is 3. The Labute approximate surface area is 135 Å². The SMILES string of the molecule is CCCn1ccc2cc(NC(=O)C(=O)NCCC(C)O)ccc21. The van der Waals surface area contributed by atoms with Gasteiger partial charge in [-0.25, -0.2) is 0 Å². The van der Waals surface area contributed by atoms with Gasteiger partial charge in [0.2, 0.25) is 0 Å². The number of fused-ring (bicyclic) bond motifs is 1. The number of carbonyl (C=O) groups is 2. The Morgan fingerprint density at radius 1 is 1.26 bits per heavy atom. The molecular formula is C17H23N3O3. The number of rotatable bonds is 6. The van der Waals surface area contributed by atoms with Crippen LogP contribution in [-0.4, -0.2) is 34.1 Å². The molecule has 0 aliphatic carbocycles. The molecule has 2 amide bonds. The van der Waals surface area contributed by atoms with E-state index in [0.29, 0.717) is 12.1 Å². The number of aryl methyl sites for hydroxylation is 1. The average Bonchev–Trinajstić information content (AvgIpc) is 2.89. The number of benzene rings is 1. The summed E-state index contributed by atoms with van der Waals surface area (Å²) in [5.41, 5.74) is 1.69. The standard InChI is InChI=1S/C17H23N3O3/c1-3-9-20-10-7-13-11-14(4-5-15(13)20)19-17(23)16(22)18-8-6-12(2)21/h4-5,7,10-12,21H,3,6,8-9H2,1-2H3,(H,18,22)(H,19,23). The predicted octanol–water partition coefficient (Wildman–Crippen LogP) is 1.88. The van der Waals surface area contributed by atoms with Gasteiger partial charge in [-0.1, -0.05) is 6.92 Å². The average molecular weight is 317 g/mol. The first kappa shape index (κ1) is 17.0. The van der Waals surface area contributed by atoms with Crippen LogP contribution in [0.4, 0.5) is 5.69 Å². The molecular weight excluding hydrogens is 294 g/mol. The fourth-order valence-electron chi connectivity index (χ4n) is 2.38. The molecule has 0 spiro atoms. The summed E-state index contributed by atoms with van der Waals surface area (Å²) in [7, 11) is 0. The van der Waals surface area contributed by atoms with Crippen LogP contribution in [0.2, 0.25) is 0 Å². The lowest BCUT2D eigenvalue weighted by Crippen LogP contribution is -2.36. The molecule has 0 aliphatic rings. The Hall–Kier alpha value is -2.34. The van der Waals surface area contributed by atoms with Crippen molar-refractivity contribution in [2.24, 2.45) is 0 Å². The second kappa shape index (κ2) is 7.78. The van der Waals surface area contributed by atoms with Crippen LogP contribution in [0.15, 0.2) is 30.5 Å². The summed E-state index contributed by atoms with van der Waals surface area (Å²) in [6.07, 6.45) is 2.97. The van der Waals surface area contributed by atoms with Crippen LogP contribution in [0, 0.1) is 0 Å². The highest BCUT2D eigenvalue weighted by molar-refractivity contribution is 6.39. The number of nitrogens with zero attached hydrogens (tertiary/aromatic N) is 1. The van der Waals surface area contributed by atoms with E-state index in [9.17, 15) is 9.59 Å². The Balaban J connectivity index is 1.98. The van der Waals surface area contributed by atoms with E-state index in [0.717, 1.165) is 23.9 Å². The minimum Gasteiger partial charge on any atom is -0.393 e. The molecule has 2 aromatic rings. The topological polar surface area (TPSA) is 83.4 Å². The first-order chi connectivity index (χ1) is 11.0. The van der Waals surface area contributed by atoms with E-state index in [-0.39, 0.29) is 6.54 Å². The molecule has 0 bridgehead atoms. The second-order valence-electron chi connectivity index (χ2n) is 5.63. The summed E-state index contributed by atoms with van der Waals surface area (Å²) in [4.78, 5) is 23.5. The van der Waals surface area contributed by atoms with Crippen molar-refractivity contribution >= 4 is 28.4 Å². The molecule has 6 heteroatoms. The minimum absolute atomic E-state index is 0.267. The zero-order valence-corrected chi connectivity index (χ0v) is 13.5. The zero-order chi connectivity index (χ0) is 16.8. The highest BCUT2D eigenvalue weighted by Gasteiger charge is 2.13. The van der Waals surface area contributed by atoms with Gasteiger partial charge in [0, 0.05) is 35.9 Å². The van der Waals surface area contributed by atoms with Gasteiger partial charge in [-0.3, -0.25) is 9.59 Å². The summed E-state index contributed by atoms with van der Waals surface area (Å²) in [6, 6.07) is 7.56. The minimum atomic E-state index is -0.706. The summed E-state index contributed by atoms with van der Waals surface area (Å²) in [5.74, 6) is -1.41. The number of anilines is 1. The first-order valence-electron chi connectivity index (χ1n) is 7.87. The molecule has 124 valence electrons. The number of nitrogens with one attached hydrogen (secondary N) is 2. The fraction of sp³-hybridized carbons (Fsp3) is 0.412. The lowest BCUT2D eigenvalue weighted by molar-refractivity contribution is -0.136. The number of aliphatic hydroxyl groups is 1. The van der Waals surface area contributed by atoms with Crippen LogP contribution >= 0.6 is 0 Å². The summed E-state index contributed by atoms with van der Waals surface area (Å²) in [6.45, 7) is 4.96. The zero-order valence-electron chi connectivity index (χ0n) is 13.5. The molecule has 1 aromatic heterocycles. The van der Waals surface area contributed by atoms with Gasteiger partial charge in [-0.15, -0.1) is 0 Å². The third-order valence-corrected chi connectivity index (χ3v) is 3.55. The van der Waals surface area contributed by atoms with Gasteiger partial charge in [-0.2, -0.15) is 0 Å². The largest absolute Gasteiger partial charge is 0.393 e. The van der Waals surface area contributed by atoms with Crippen molar-refractivity contribution in [3.8, 4) is 0 Å². The van der Waals surface area contributed by atoms with Gasteiger partial charge < -0.3 is 20.3 Å². The number of aliphatic hydroxyl groups excluding tert-OH is 1. The molecule has 0 aliphatic heterocycles. The van der Waals surface area contributed by atoms with Crippen LogP contribution in [-0.2, 0) is 16.1 Å². The third-order valence-electron chi connectivity index (χ3n) is 3.55. The van der Waals surface area contributed by atoms with Crippen LogP contribution in [0.1, 0.15) is 26.7 Å². The van der Waals surface area contributed by atoms with Crippen LogP contribution in [0.5, 0.6) is 0 Å². The highest BCUT2D eigenvalue weighted by atomic mass is 16.3. The van der Waals surface area contributed by atoms with Crippen molar-refractivity contribution in [3.63, 3.8) is 0 Å². The molecule has 1 atom stereocenters. The summed E-state index contributed by atoms with van der Waals surface area (Å²) >= 11 is 0. The van der Waals surface area contributed by atoms with Crippen molar-refractivity contribution in [2.75, 3.05) is 11.9 Å². The quantitative estimate of drug-likeness (QED) is 0.711. The van der Waals surface area contributed by atoms with E-state index in [4.69, 9.17) is 5.11 Å².